The standard InChI is InChI=1S/C17H28N2O2/c1-3-8-18-13(2)16-5-4-15(11-17(16)21)19-9-6-14(12-20)7-10-19/h4-5,11,13-14,18,20-21H,3,6-10,12H2,1-2H3. The summed E-state index contributed by atoms with van der Waals surface area (Å²) in [7, 11) is 0. The van der Waals surface area contributed by atoms with Crippen LogP contribution in [0.3, 0.4) is 0 Å². The number of rotatable bonds is 6. The summed E-state index contributed by atoms with van der Waals surface area (Å²) in [5.41, 5.74) is 2.03. The van der Waals surface area contributed by atoms with Crippen molar-refractivity contribution in [3.05, 3.63) is 23.8 Å². The van der Waals surface area contributed by atoms with Crippen molar-refractivity contribution < 1.29 is 10.2 Å². The Morgan fingerprint density at radius 2 is 2.05 bits per heavy atom. The minimum absolute atomic E-state index is 0.166. The van der Waals surface area contributed by atoms with Crippen LogP contribution in [0.2, 0.25) is 0 Å². The van der Waals surface area contributed by atoms with Crippen LogP contribution in [0.4, 0.5) is 5.69 Å². The lowest BCUT2D eigenvalue weighted by molar-refractivity contribution is 0.203. The van der Waals surface area contributed by atoms with Gasteiger partial charge in [-0.1, -0.05) is 13.0 Å². The molecular formula is C17H28N2O2. The predicted octanol–water partition coefficient (Wildman–Crippen LogP) is 2.66. The van der Waals surface area contributed by atoms with Gasteiger partial charge in [-0.25, -0.2) is 0 Å². The molecule has 1 aliphatic heterocycles. The molecule has 1 aliphatic rings. The second-order valence-corrected chi connectivity index (χ2v) is 6.03. The first kappa shape index (κ1) is 16.1. The summed E-state index contributed by atoms with van der Waals surface area (Å²) >= 11 is 0. The molecule has 0 saturated carbocycles. The molecule has 0 aromatic heterocycles. The number of anilines is 1. The van der Waals surface area contributed by atoms with Crippen molar-refractivity contribution in [1.82, 2.24) is 5.32 Å². The van der Waals surface area contributed by atoms with Gasteiger partial charge in [0.1, 0.15) is 5.75 Å². The van der Waals surface area contributed by atoms with Crippen LogP contribution in [-0.4, -0.2) is 36.5 Å². The quantitative estimate of drug-likeness (QED) is 0.754. The Labute approximate surface area is 127 Å². The van der Waals surface area contributed by atoms with E-state index in [1.165, 1.54) is 0 Å². The fourth-order valence-electron chi connectivity index (χ4n) is 2.94. The van der Waals surface area contributed by atoms with Crippen molar-refractivity contribution in [1.29, 1.82) is 0 Å². The maximum absolute atomic E-state index is 10.3. The van der Waals surface area contributed by atoms with Gasteiger partial charge in [-0.2, -0.15) is 0 Å². The monoisotopic (exact) mass is 292 g/mol. The first-order valence-electron chi connectivity index (χ1n) is 8.07. The minimum Gasteiger partial charge on any atom is -0.508 e. The van der Waals surface area contributed by atoms with Gasteiger partial charge >= 0.3 is 0 Å². The number of hydrogen-bond acceptors (Lipinski definition) is 4. The Hall–Kier alpha value is -1.26. The maximum Gasteiger partial charge on any atom is 0.122 e. The molecule has 118 valence electrons. The smallest absolute Gasteiger partial charge is 0.122 e. The van der Waals surface area contributed by atoms with Crippen LogP contribution < -0.4 is 10.2 Å². The predicted molar refractivity (Wildman–Crippen MR) is 86.8 cm³/mol. The van der Waals surface area contributed by atoms with Gasteiger partial charge in [0.05, 0.1) is 0 Å². The Bertz CT molecular complexity index is 442. The highest BCUT2D eigenvalue weighted by molar-refractivity contribution is 5.54. The Kier molecular flexibility index (Phi) is 5.88. The molecule has 1 aromatic carbocycles. The summed E-state index contributed by atoms with van der Waals surface area (Å²) in [4.78, 5) is 2.29. The van der Waals surface area contributed by atoms with Gasteiger partial charge < -0.3 is 20.4 Å². The van der Waals surface area contributed by atoms with Gasteiger partial charge in [0.15, 0.2) is 0 Å². The van der Waals surface area contributed by atoms with Gasteiger partial charge in [-0.15, -0.1) is 0 Å². The zero-order valence-electron chi connectivity index (χ0n) is 13.2. The Morgan fingerprint density at radius 3 is 2.62 bits per heavy atom. The van der Waals surface area contributed by atoms with Crippen LogP contribution in [0.15, 0.2) is 18.2 Å². The molecular weight excluding hydrogens is 264 g/mol. The summed E-state index contributed by atoms with van der Waals surface area (Å²) in [6.07, 6.45) is 3.13. The van der Waals surface area contributed by atoms with Crippen LogP contribution in [-0.2, 0) is 0 Å². The molecule has 1 fully saturated rings. The molecule has 0 spiro atoms. The average Bonchev–Trinajstić information content (AvgIpc) is 2.52. The van der Waals surface area contributed by atoms with Gasteiger partial charge in [0.25, 0.3) is 0 Å². The number of aliphatic hydroxyl groups excluding tert-OH is 1. The lowest BCUT2D eigenvalue weighted by atomic mass is 9.97. The highest BCUT2D eigenvalue weighted by Crippen LogP contribution is 2.31. The third-order valence-electron chi connectivity index (χ3n) is 4.42. The summed E-state index contributed by atoms with van der Waals surface area (Å²) in [5, 5.41) is 22.9. The number of aliphatic hydroxyl groups is 1. The molecule has 4 nitrogen and oxygen atoms in total. The van der Waals surface area contributed by atoms with Crippen LogP contribution in [0, 0.1) is 5.92 Å². The third-order valence-corrected chi connectivity index (χ3v) is 4.42. The van der Waals surface area contributed by atoms with E-state index < -0.39 is 0 Å². The number of aromatic hydroxyl groups is 1. The SMILES string of the molecule is CCCNC(C)c1ccc(N2CCC(CO)CC2)cc1O. The number of piperidine rings is 1. The third kappa shape index (κ3) is 4.11. The minimum atomic E-state index is 0.166. The molecule has 0 bridgehead atoms. The summed E-state index contributed by atoms with van der Waals surface area (Å²) < 4.78 is 0. The zero-order valence-corrected chi connectivity index (χ0v) is 13.2. The van der Waals surface area contributed by atoms with E-state index in [0.29, 0.717) is 18.3 Å². The van der Waals surface area contributed by atoms with Crippen LogP contribution in [0.5, 0.6) is 5.75 Å². The fraction of sp³-hybridized carbons (Fsp3) is 0.647. The van der Waals surface area contributed by atoms with E-state index in [-0.39, 0.29) is 6.04 Å². The molecule has 1 aromatic rings. The molecule has 3 N–H and O–H groups in total. The van der Waals surface area contributed by atoms with E-state index in [1.807, 2.05) is 12.1 Å². The molecule has 0 aliphatic carbocycles. The number of nitrogens with zero attached hydrogens (tertiary/aromatic N) is 1. The van der Waals surface area contributed by atoms with E-state index in [0.717, 1.165) is 50.1 Å². The van der Waals surface area contributed by atoms with E-state index in [4.69, 9.17) is 0 Å². The maximum atomic E-state index is 10.3. The summed E-state index contributed by atoms with van der Waals surface area (Å²) in [6, 6.07) is 6.16. The van der Waals surface area contributed by atoms with E-state index in [1.54, 1.807) is 0 Å². The first-order valence-corrected chi connectivity index (χ1v) is 8.07. The van der Waals surface area contributed by atoms with Gasteiger partial charge in [-0.3, -0.25) is 0 Å². The lowest BCUT2D eigenvalue weighted by Gasteiger charge is -2.33. The van der Waals surface area contributed by atoms with Gasteiger partial charge in [0.2, 0.25) is 0 Å². The average molecular weight is 292 g/mol. The van der Waals surface area contributed by atoms with Crippen molar-refractivity contribution in [3.8, 4) is 5.75 Å². The van der Waals surface area contributed by atoms with Crippen LogP contribution >= 0.6 is 0 Å². The largest absolute Gasteiger partial charge is 0.508 e. The molecule has 1 atom stereocenters. The summed E-state index contributed by atoms with van der Waals surface area (Å²) in [6.45, 7) is 7.37. The highest BCUT2D eigenvalue weighted by Gasteiger charge is 2.20. The molecule has 0 amide bonds. The molecule has 2 rings (SSSR count). The number of phenolic OH excluding ortho intramolecular Hbond substituents is 1. The Morgan fingerprint density at radius 1 is 1.33 bits per heavy atom. The van der Waals surface area contributed by atoms with Crippen molar-refractivity contribution in [2.45, 2.75) is 39.2 Å². The van der Waals surface area contributed by atoms with Crippen LogP contribution in [0.1, 0.15) is 44.7 Å². The fourth-order valence-corrected chi connectivity index (χ4v) is 2.94. The van der Waals surface area contributed by atoms with E-state index in [2.05, 4.69) is 30.1 Å². The second-order valence-electron chi connectivity index (χ2n) is 6.03. The van der Waals surface area contributed by atoms with Gasteiger partial charge in [-0.05, 0) is 44.7 Å². The van der Waals surface area contributed by atoms with E-state index in [9.17, 15) is 10.2 Å². The zero-order chi connectivity index (χ0) is 15.2. The molecule has 21 heavy (non-hydrogen) atoms. The number of benzene rings is 1. The van der Waals surface area contributed by atoms with E-state index >= 15 is 0 Å². The molecule has 4 heteroatoms. The number of nitrogens with one attached hydrogen (secondary N) is 1. The Balaban J connectivity index is 2.02. The second kappa shape index (κ2) is 7.66. The number of hydrogen-bond donors (Lipinski definition) is 3. The van der Waals surface area contributed by atoms with Gasteiger partial charge in [0, 0.05) is 43.1 Å². The normalized spacial score (nSPS) is 18.0. The molecule has 1 saturated heterocycles. The summed E-state index contributed by atoms with van der Waals surface area (Å²) in [5.74, 6) is 0.806. The first-order chi connectivity index (χ1) is 10.2. The van der Waals surface area contributed by atoms with Crippen LogP contribution in [0.25, 0.3) is 0 Å². The topological polar surface area (TPSA) is 55.7 Å². The number of phenols is 1. The van der Waals surface area contributed by atoms with Crippen molar-refractivity contribution in [2.24, 2.45) is 5.92 Å². The van der Waals surface area contributed by atoms with Crippen molar-refractivity contribution in [2.75, 3.05) is 31.1 Å². The molecule has 1 heterocycles. The highest BCUT2D eigenvalue weighted by atomic mass is 16.3. The van der Waals surface area contributed by atoms with Crippen molar-refractivity contribution >= 4 is 5.69 Å². The molecule has 1 unspecified atom stereocenters. The molecule has 0 radical (unpaired) electrons. The lowest BCUT2D eigenvalue weighted by Crippen LogP contribution is -2.34. The van der Waals surface area contributed by atoms with Crippen molar-refractivity contribution in [3.63, 3.8) is 0 Å².